The number of hydrogen-bond donors (Lipinski definition) is 1. The van der Waals surface area contributed by atoms with Crippen LogP contribution in [0.2, 0.25) is 0 Å². The Labute approximate surface area is 233 Å². The van der Waals surface area contributed by atoms with Crippen molar-refractivity contribution in [1.82, 2.24) is 14.8 Å². The van der Waals surface area contributed by atoms with Gasteiger partial charge in [0.15, 0.2) is 0 Å². The Morgan fingerprint density at radius 1 is 1.12 bits per heavy atom. The van der Waals surface area contributed by atoms with Crippen LogP contribution in [0.15, 0.2) is 79.4 Å². The van der Waals surface area contributed by atoms with Gasteiger partial charge in [0.2, 0.25) is 5.91 Å². The third-order valence-corrected chi connectivity index (χ3v) is 7.11. The van der Waals surface area contributed by atoms with E-state index in [9.17, 15) is 14.9 Å². The number of carbonyl (C=O) groups excluding carboxylic acids is 2. The lowest BCUT2D eigenvalue weighted by molar-refractivity contribution is -0.151. The summed E-state index contributed by atoms with van der Waals surface area (Å²) in [5.41, 5.74) is 3.10. The average Bonchev–Trinajstić information content (AvgIpc) is 3.43. The molecular formula is C31H30N6O3. The second-order valence-corrected chi connectivity index (χ2v) is 10.8. The predicted molar refractivity (Wildman–Crippen MR) is 152 cm³/mol. The van der Waals surface area contributed by atoms with E-state index in [0.29, 0.717) is 35.8 Å². The number of nitrogens with zero attached hydrogens (tertiary/aromatic N) is 5. The van der Waals surface area contributed by atoms with Crippen molar-refractivity contribution in [2.45, 2.75) is 33.2 Å². The molecule has 0 radical (unpaired) electrons. The molecule has 2 amide bonds. The standard InChI is InChI=1S/C31H30N6O3/c1-21-10-11-24(14-27(21)37(30(2,3)18-32)28(38)22-8-6-5-7-9-22)36-17-23(15-34-36)25-16-33-13-12-26(25)35-29(39)31(4)19-40-20-31/h5-17H,19-20H2,1-4H3,(H,33,35,39). The number of amides is 2. The van der Waals surface area contributed by atoms with Crippen molar-refractivity contribution in [2.75, 3.05) is 23.4 Å². The molecule has 2 aromatic heterocycles. The molecule has 1 fully saturated rings. The molecule has 202 valence electrons. The number of ether oxygens (including phenoxy) is 1. The molecule has 0 spiro atoms. The number of hydrogen-bond acceptors (Lipinski definition) is 6. The van der Waals surface area contributed by atoms with Crippen LogP contribution >= 0.6 is 0 Å². The van der Waals surface area contributed by atoms with Gasteiger partial charge in [0.05, 0.1) is 48.0 Å². The predicted octanol–water partition coefficient (Wildman–Crippen LogP) is 5.17. The van der Waals surface area contributed by atoms with E-state index in [4.69, 9.17) is 4.74 Å². The molecule has 0 unspecified atom stereocenters. The van der Waals surface area contributed by atoms with Crippen molar-refractivity contribution >= 4 is 23.2 Å². The highest BCUT2D eigenvalue weighted by atomic mass is 16.5. The van der Waals surface area contributed by atoms with Gasteiger partial charge in [-0.2, -0.15) is 10.4 Å². The molecule has 4 aromatic rings. The van der Waals surface area contributed by atoms with Crippen LogP contribution in [0.5, 0.6) is 0 Å². The molecular weight excluding hydrogens is 504 g/mol. The summed E-state index contributed by atoms with van der Waals surface area (Å²) in [6, 6.07) is 18.6. The zero-order valence-electron chi connectivity index (χ0n) is 22.9. The van der Waals surface area contributed by atoms with E-state index in [1.807, 2.05) is 44.3 Å². The third kappa shape index (κ3) is 4.97. The molecule has 5 rings (SSSR count). The van der Waals surface area contributed by atoms with Gasteiger partial charge in [-0.15, -0.1) is 0 Å². The normalized spacial score (nSPS) is 14.1. The maximum absolute atomic E-state index is 13.7. The summed E-state index contributed by atoms with van der Waals surface area (Å²) in [7, 11) is 0. The summed E-state index contributed by atoms with van der Waals surface area (Å²) in [5, 5.41) is 17.6. The van der Waals surface area contributed by atoms with Gasteiger partial charge in [-0.05, 0) is 63.6 Å². The van der Waals surface area contributed by atoms with Crippen LogP contribution in [-0.4, -0.2) is 45.3 Å². The Kier molecular flexibility index (Phi) is 6.96. The molecule has 0 saturated carbocycles. The van der Waals surface area contributed by atoms with Gasteiger partial charge in [0.1, 0.15) is 5.54 Å². The Bertz CT molecular complexity index is 1620. The van der Waals surface area contributed by atoms with Gasteiger partial charge in [-0.3, -0.25) is 19.5 Å². The fourth-order valence-corrected chi connectivity index (χ4v) is 4.55. The lowest BCUT2D eigenvalue weighted by Gasteiger charge is -2.36. The first-order valence-electron chi connectivity index (χ1n) is 12.9. The van der Waals surface area contributed by atoms with Crippen molar-refractivity contribution in [3.05, 3.63) is 90.5 Å². The zero-order valence-corrected chi connectivity index (χ0v) is 22.9. The second-order valence-electron chi connectivity index (χ2n) is 10.8. The summed E-state index contributed by atoms with van der Waals surface area (Å²) >= 11 is 0. The minimum absolute atomic E-state index is 0.106. The summed E-state index contributed by atoms with van der Waals surface area (Å²) in [4.78, 5) is 32.3. The number of nitrogens with one attached hydrogen (secondary N) is 1. The van der Waals surface area contributed by atoms with Crippen LogP contribution in [0, 0.1) is 23.7 Å². The largest absolute Gasteiger partial charge is 0.379 e. The van der Waals surface area contributed by atoms with Crippen molar-refractivity contribution in [2.24, 2.45) is 5.41 Å². The van der Waals surface area contributed by atoms with Crippen LogP contribution in [0.1, 0.15) is 36.7 Å². The second kappa shape index (κ2) is 10.4. The van der Waals surface area contributed by atoms with Crippen molar-refractivity contribution in [3.8, 4) is 22.9 Å². The first-order chi connectivity index (χ1) is 19.1. The highest BCUT2D eigenvalue weighted by Crippen LogP contribution is 2.34. The maximum atomic E-state index is 13.7. The number of carbonyl (C=O) groups is 2. The molecule has 1 N–H and O–H groups in total. The first kappa shape index (κ1) is 26.8. The van der Waals surface area contributed by atoms with Crippen molar-refractivity contribution < 1.29 is 14.3 Å². The van der Waals surface area contributed by atoms with Crippen molar-refractivity contribution in [3.63, 3.8) is 0 Å². The topological polar surface area (TPSA) is 113 Å². The molecule has 0 atom stereocenters. The van der Waals surface area contributed by atoms with Crippen LogP contribution in [-0.2, 0) is 9.53 Å². The Morgan fingerprint density at radius 3 is 2.55 bits per heavy atom. The lowest BCUT2D eigenvalue weighted by atomic mass is 9.87. The van der Waals surface area contributed by atoms with E-state index in [1.54, 1.807) is 67.5 Å². The van der Waals surface area contributed by atoms with Gasteiger partial charge in [0.25, 0.3) is 5.91 Å². The maximum Gasteiger partial charge on any atom is 0.259 e. The Morgan fingerprint density at radius 2 is 1.88 bits per heavy atom. The number of aryl methyl sites for hydroxylation is 1. The Balaban J connectivity index is 1.50. The van der Waals surface area contributed by atoms with Crippen LogP contribution in [0.25, 0.3) is 16.8 Å². The molecule has 2 aromatic carbocycles. The highest BCUT2D eigenvalue weighted by molar-refractivity contribution is 6.08. The quantitative estimate of drug-likeness (QED) is 0.350. The summed E-state index contributed by atoms with van der Waals surface area (Å²) in [6.45, 7) is 8.00. The summed E-state index contributed by atoms with van der Waals surface area (Å²) in [5.74, 6) is -0.375. The fraction of sp³-hybridized carbons (Fsp3) is 0.258. The van der Waals surface area contributed by atoms with E-state index < -0.39 is 11.0 Å². The number of benzene rings is 2. The van der Waals surface area contributed by atoms with Gasteiger partial charge in [-0.25, -0.2) is 4.68 Å². The van der Waals surface area contributed by atoms with E-state index in [-0.39, 0.29) is 11.8 Å². The zero-order chi connectivity index (χ0) is 28.5. The molecule has 0 aliphatic carbocycles. The minimum Gasteiger partial charge on any atom is -0.379 e. The van der Waals surface area contributed by atoms with Crippen LogP contribution in [0.4, 0.5) is 11.4 Å². The molecule has 9 heteroatoms. The summed E-state index contributed by atoms with van der Waals surface area (Å²) in [6.07, 6.45) is 6.86. The minimum atomic E-state index is -1.11. The molecule has 0 bridgehead atoms. The van der Waals surface area contributed by atoms with Gasteiger partial charge < -0.3 is 10.1 Å². The number of nitriles is 1. The molecule has 9 nitrogen and oxygen atoms in total. The lowest BCUT2D eigenvalue weighted by Crippen LogP contribution is -2.49. The molecule has 1 saturated heterocycles. The summed E-state index contributed by atoms with van der Waals surface area (Å²) < 4.78 is 6.93. The number of rotatable bonds is 7. The highest BCUT2D eigenvalue weighted by Gasteiger charge is 2.41. The monoisotopic (exact) mass is 534 g/mol. The average molecular weight is 535 g/mol. The molecule has 1 aliphatic rings. The molecule has 1 aliphatic heterocycles. The van der Waals surface area contributed by atoms with Gasteiger partial charge in [0, 0.05) is 35.3 Å². The van der Waals surface area contributed by atoms with Gasteiger partial charge in [-0.1, -0.05) is 24.3 Å². The van der Waals surface area contributed by atoms with Gasteiger partial charge >= 0.3 is 0 Å². The van der Waals surface area contributed by atoms with E-state index in [0.717, 1.165) is 16.7 Å². The third-order valence-electron chi connectivity index (χ3n) is 7.11. The van der Waals surface area contributed by atoms with Crippen molar-refractivity contribution in [1.29, 1.82) is 5.26 Å². The molecule has 40 heavy (non-hydrogen) atoms. The van der Waals surface area contributed by atoms with Crippen LogP contribution < -0.4 is 10.2 Å². The van der Waals surface area contributed by atoms with E-state index in [2.05, 4.69) is 21.5 Å². The Hall–Kier alpha value is -4.81. The van der Waals surface area contributed by atoms with Crippen LogP contribution in [0.3, 0.4) is 0 Å². The smallest absolute Gasteiger partial charge is 0.259 e. The van der Waals surface area contributed by atoms with E-state index >= 15 is 0 Å². The van der Waals surface area contributed by atoms with E-state index in [1.165, 1.54) is 4.90 Å². The SMILES string of the molecule is Cc1ccc(-n2cc(-c3cnccc3NC(=O)C3(C)COC3)cn2)cc1N(C(=O)c1ccccc1)C(C)(C)C#N. The number of pyridine rings is 1. The first-order valence-corrected chi connectivity index (χ1v) is 12.9. The number of anilines is 2. The molecule has 3 heterocycles. The fourth-order valence-electron chi connectivity index (χ4n) is 4.55. The number of aromatic nitrogens is 3.